The van der Waals surface area contributed by atoms with Crippen LogP contribution in [0.25, 0.3) is 10.9 Å². The van der Waals surface area contributed by atoms with Crippen molar-refractivity contribution in [3.63, 3.8) is 0 Å². The molecule has 1 saturated heterocycles. The van der Waals surface area contributed by atoms with Crippen molar-refractivity contribution < 1.29 is 0 Å². The third kappa shape index (κ3) is 2.95. The number of halogens is 1. The van der Waals surface area contributed by atoms with Crippen molar-refractivity contribution in [2.45, 2.75) is 25.9 Å². The van der Waals surface area contributed by atoms with Crippen LogP contribution in [0.1, 0.15) is 18.9 Å². The van der Waals surface area contributed by atoms with Crippen LogP contribution in [-0.2, 0) is 6.54 Å². The van der Waals surface area contributed by atoms with Crippen LogP contribution in [0.4, 0.5) is 0 Å². The summed E-state index contributed by atoms with van der Waals surface area (Å²) in [5.74, 6) is 0.651. The highest BCUT2D eigenvalue weighted by molar-refractivity contribution is 5.85. The molecule has 4 heteroatoms. The highest BCUT2D eigenvalue weighted by Crippen LogP contribution is 2.26. The van der Waals surface area contributed by atoms with Gasteiger partial charge in [0.1, 0.15) is 0 Å². The summed E-state index contributed by atoms with van der Waals surface area (Å²) in [6.07, 6.45) is 3.09. The fourth-order valence-electron chi connectivity index (χ4n) is 3.12. The second kappa shape index (κ2) is 6.53. The number of nitrogens with zero attached hydrogens (tertiary/aromatic N) is 2. The maximum atomic E-state index is 5.80. The zero-order chi connectivity index (χ0) is 13.2. The van der Waals surface area contributed by atoms with Gasteiger partial charge in [0.2, 0.25) is 0 Å². The summed E-state index contributed by atoms with van der Waals surface area (Å²) < 4.78 is 0. The van der Waals surface area contributed by atoms with Crippen LogP contribution in [-0.4, -0.2) is 29.0 Å². The predicted molar refractivity (Wildman–Crippen MR) is 86.0 cm³/mol. The smallest absolute Gasteiger partial charge is 0.0746 e. The Morgan fingerprint density at radius 1 is 1.30 bits per heavy atom. The number of hydrogen-bond donors (Lipinski definition) is 1. The first-order chi connectivity index (χ1) is 9.28. The molecule has 20 heavy (non-hydrogen) atoms. The first-order valence-electron chi connectivity index (χ1n) is 7.04. The third-order valence-electron chi connectivity index (χ3n) is 4.21. The number of likely N-dealkylation sites (tertiary alicyclic amines) is 1. The van der Waals surface area contributed by atoms with Gasteiger partial charge in [-0.2, -0.15) is 0 Å². The molecule has 108 valence electrons. The molecule has 2 atom stereocenters. The number of rotatable bonds is 3. The van der Waals surface area contributed by atoms with E-state index in [0.29, 0.717) is 12.0 Å². The summed E-state index contributed by atoms with van der Waals surface area (Å²) in [4.78, 5) is 7.06. The number of benzene rings is 1. The zero-order valence-electron chi connectivity index (χ0n) is 11.8. The molecule has 3 nitrogen and oxygen atoms in total. The second-order valence-electron chi connectivity index (χ2n) is 5.61. The molecule has 0 saturated carbocycles. The molecule has 2 heterocycles. The average molecular weight is 292 g/mol. The average Bonchev–Trinajstić information content (AvgIpc) is 2.80. The highest BCUT2D eigenvalue weighted by Gasteiger charge is 2.28. The van der Waals surface area contributed by atoms with Crippen molar-refractivity contribution in [2.75, 3.05) is 13.1 Å². The Labute approximate surface area is 126 Å². The Hall–Kier alpha value is -1.16. The van der Waals surface area contributed by atoms with Crippen molar-refractivity contribution in [3.05, 3.63) is 42.1 Å². The standard InChI is InChI=1S/C16H21N3.ClH/c1-12-8-13(9-17)10-19(12)11-15-5-2-4-14-6-3-7-18-16(14)15;/h2-7,12-13H,8-11,17H2,1H3;1H. The minimum absolute atomic E-state index is 0. The van der Waals surface area contributed by atoms with Crippen molar-refractivity contribution in [1.29, 1.82) is 0 Å². The van der Waals surface area contributed by atoms with Crippen molar-refractivity contribution in [1.82, 2.24) is 9.88 Å². The van der Waals surface area contributed by atoms with Crippen LogP contribution >= 0.6 is 12.4 Å². The van der Waals surface area contributed by atoms with E-state index in [1.165, 1.54) is 17.4 Å². The molecular weight excluding hydrogens is 270 g/mol. The third-order valence-corrected chi connectivity index (χ3v) is 4.21. The van der Waals surface area contributed by atoms with Crippen LogP contribution in [0, 0.1) is 5.92 Å². The van der Waals surface area contributed by atoms with Crippen molar-refractivity contribution in [3.8, 4) is 0 Å². The highest BCUT2D eigenvalue weighted by atomic mass is 35.5. The molecule has 1 aromatic heterocycles. The number of para-hydroxylation sites is 1. The van der Waals surface area contributed by atoms with Crippen LogP contribution in [0.2, 0.25) is 0 Å². The molecule has 2 unspecified atom stereocenters. The zero-order valence-corrected chi connectivity index (χ0v) is 12.6. The largest absolute Gasteiger partial charge is 0.330 e. The Morgan fingerprint density at radius 3 is 2.85 bits per heavy atom. The predicted octanol–water partition coefficient (Wildman–Crippen LogP) is 2.83. The van der Waals surface area contributed by atoms with E-state index in [0.717, 1.165) is 25.2 Å². The Morgan fingerprint density at radius 2 is 2.10 bits per heavy atom. The van der Waals surface area contributed by atoms with E-state index in [1.54, 1.807) is 0 Å². The number of hydrogen-bond acceptors (Lipinski definition) is 3. The quantitative estimate of drug-likeness (QED) is 0.945. The van der Waals surface area contributed by atoms with Gasteiger partial charge in [0.15, 0.2) is 0 Å². The SMILES string of the molecule is CC1CC(CN)CN1Cc1cccc2cccnc12.Cl. The second-order valence-corrected chi connectivity index (χ2v) is 5.61. The molecule has 0 spiro atoms. The Bertz CT molecular complexity index is 567. The topological polar surface area (TPSA) is 42.1 Å². The maximum Gasteiger partial charge on any atom is 0.0746 e. The van der Waals surface area contributed by atoms with E-state index in [9.17, 15) is 0 Å². The van der Waals surface area contributed by atoms with Crippen LogP contribution < -0.4 is 5.73 Å². The van der Waals surface area contributed by atoms with Crippen LogP contribution in [0.3, 0.4) is 0 Å². The molecule has 0 bridgehead atoms. The lowest BCUT2D eigenvalue weighted by Gasteiger charge is -2.21. The molecule has 1 aliphatic heterocycles. The van der Waals surface area contributed by atoms with Gasteiger partial charge in [-0.1, -0.05) is 24.3 Å². The minimum Gasteiger partial charge on any atom is -0.330 e. The fraction of sp³-hybridized carbons (Fsp3) is 0.438. The van der Waals surface area contributed by atoms with Gasteiger partial charge in [0.25, 0.3) is 0 Å². The number of aromatic nitrogens is 1. The molecule has 0 radical (unpaired) electrons. The summed E-state index contributed by atoms with van der Waals surface area (Å²) in [6.45, 7) is 5.19. The van der Waals surface area contributed by atoms with E-state index in [-0.39, 0.29) is 12.4 Å². The fourth-order valence-corrected chi connectivity index (χ4v) is 3.12. The molecule has 1 aromatic carbocycles. The van der Waals surface area contributed by atoms with Gasteiger partial charge < -0.3 is 5.73 Å². The first kappa shape index (κ1) is 15.2. The molecule has 0 aliphatic carbocycles. The monoisotopic (exact) mass is 291 g/mol. The molecule has 0 amide bonds. The van der Waals surface area contributed by atoms with Gasteiger partial charge in [-0.05, 0) is 37.4 Å². The maximum absolute atomic E-state index is 5.80. The van der Waals surface area contributed by atoms with Gasteiger partial charge in [-0.3, -0.25) is 9.88 Å². The van der Waals surface area contributed by atoms with E-state index in [1.807, 2.05) is 12.3 Å². The Balaban J connectivity index is 0.00000147. The molecule has 1 aliphatic rings. The molecular formula is C16H22ClN3. The lowest BCUT2D eigenvalue weighted by molar-refractivity contribution is 0.256. The van der Waals surface area contributed by atoms with Crippen molar-refractivity contribution in [2.24, 2.45) is 11.7 Å². The minimum atomic E-state index is 0. The summed E-state index contributed by atoms with van der Waals surface area (Å²) in [5, 5.41) is 1.22. The number of pyridine rings is 1. The lowest BCUT2D eigenvalue weighted by atomic mass is 10.1. The first-order valence-corrected chi connectivity index (χ1v) is 7.04. The summed E-state index contributed by atoms with van der Waals surface area (Å²) in [7, 11) is 0. The van der Waals surface area contributed by atoms with Crippen molar-refractivity contribution >= 4 is 23.3 Å². The molecule has 3 rings (SSSR count). The van der Waals surface area contributed by atoms with Gasteiger partial charge >= 0.3 is 0 Å². The number of fused-ring (bicyclic) bond motifs is 1. The normalized spacial score (nSPS) is 22.9. The Kier molecular flexibility index (Phi) is 4.97. The summed E-state index contributed by atoms with van der Waals surface area (Å²) in [5.41, 5.74) is 8.26. The van der Waals surface area contributed by atoms with E-state index >= 15 is 0 Å². The van der Waals surface area contributed by atoms with Gasteiger partial charge in [0, 0.05) is 30.7 Å². The van der Waals surface area contributed by atoms with Gasteiger partial charge in [-0.15, -0.1) is 12.4 Å². The van der Waals surface area contributed by atoms with E-state index in [4.69, 9.17) is 5.73 Å². The number of nitrogens with two attached hydrogens (primary N) is 1. The van der Waals surface area contributed by atoms with Gasteiger partial charge in [-0.25, -0.2) is 0 Å². The van der Waals surface area contributed by atoms with E-state index < -0.39 is 0 Å². The lowest BCUT2D eigenvalue weighted by Crippen LogP contribution is -2.27. The van der Waals surface area contributed by atoms with Gasteiger partial charge in [0.05, 0.1) is 5.52 Å². The molecule has 2 N–H and O–H groups in total. The molecule has 2 aromatic rings. The van der Waals surface area contributed by atoms with Crippen LogP contribution in [0.15, 0.2) is 36.5 Å². The summed E-state index contributed by atoms with van der Waals surface area (Å²) in [6, 6.07) is 11.2. The van der Waals surface area contributed by atoms with E-state index in [2.05, 4.69) is 41.1 Å². The van der Waals surface area contributed by atoms with Crippen LogP contribution in [0.5, 0.6) is 0 Å². The molecule has 1 fully saturated rings. The summed E-state index contributed by atoms with van der Waals surface area (Å²) >= 11 is 0.